The second kappa shape index (κ2) is 3.53. The Hall–Kier alpha value is -0.830. The first-order valence-corrected chi connectivity index (χ1v) is 4.37. The lowest BCUT2D eigenvalue weighted by Crippen LogP contribution is -1.94. The van der Waals surface area contributed by atoms with Crippen LogP contribution in [0, 0.1) is 6.92 Å². The molecule has 0 saturated carbocycles. The van der Waals surface area contributed by atoms with E-state index < -0.39 is 0 Å². The van der Waals surface area contributed by atoms with E-state index in [1.165, 1.54) is 4.88 Å². The highest BCUT2D eigenvalue weighted by molar-refractivity contribution is 7.14. The zero-order chi connectivity index (χ0) is 8.27. The molecule has 0 unspecified atom stereocenters. The van der Waals surface area contributed by atoms with Crippen molar-refractivity contribution in [3.63, 3.8) is 0 Å². The second-order valence-corrected chi connectivity index (χ2v) is 3.60. The van der Waals surface area contributed by atoms with Crippen LogP contribution in [0.5, 0.6) is 0 Å². The molecule has 0 saturated heterocycles. The van der Waals surface area contributed by atoms with Crippen LogP contribution in [0.25, 0.3) is 0 Å². The fourth-order valence-corrected chi connectivity index (χ4v) is 1.81. The Kier molecular flexibility index (Phi) is 2.65. The van der Waals surface area contributed by atoms with Crippen molar-refractivity contribution in [1.29, 1.82) is 0 Å². The lowest BCUT2D eigenvalue weighted by Gasteiger charge is -1.93. The van der Waals surface area contributed by atoms with Gasteiger partial charge in [0.15, 0.2) is 0 Å². The highest BCUT2D eigenvalue weighted by Crippen LogP contribution is 2.16. The van der Waals surface area contributed by atoms with Crippen molar-refractivity contribution in [2.45, 2.75) is 20.3 Å². The monoisotopic (exact) mass is 169 g/mol. The number of hydrogen-bond donors (Lipinski definition) is 1. The third-order valence-corrected chi connectivity index (χ3v) is 2.53. The van der Waals surface area contributed by atoms with Gasteiger partial charge in [-0.15, -0.1) is 11.3 Å². The average molecular weight is 169 g/mol. The predicted molar refractivity (Wildman–Crippen MR) is 47.7 cm³/mol. The van der Waals surface area contributed by atoms with Crippen LogP contribution < -0.4 is 0 Å². The molecule has 60 valence electrons. The van der Waals surface area contributed by atoms with E-state index >= 15 is 0 Å². The van der Waals surface area contributed by atoms with Crippen LogP contribution in [-0.2, 0) is 0 Å². The molecule has 11 heavy (non-hydrogen) atoms. The summed E-state index contributed by atoms with van der Waals surface area (Å²) in [6, 6.07) is 4.01. The molecule has 0 bridgehead atoms. The van der Waals surface area contributed by atoms with Crippen LogP contribution in [0.4, 0.5) is 0 Å². The molecule has 0 atom stereocenters. The van der Waals surface area contributed by atoms with Crippen molar-refractivity contribution in [2.75, 3.05) is 0 Å². The minimum Gasteiger partial charge on any atom is -0.411 e. The second-order valence-electron chi connectivity index (χ2n) is 2.31. The van der Waals surface area contributed by atoms with Crippen molar-refractivity contribution in [3.05, 3.63) is 21.9 Å². The van der Waals surface area contributed by atoms with Gasteiger partial charge in [-0.1, -0.05) is 12.1 Å². The maximum Gasteiger partial charge on any atom is 0.0964 e. The summed E-state index contributed by atoms with van der Waals surface area (Å²) in [5.74, 6) is 0. The normalized spacial score (nSPS) is 12.0. The molecule has 1 rings (SSSR count). The van der Waals surface area contributed by atoms with E-state index in [1.807, 2.05) is 26.0 Å². The summed E-state index contributed by atoms with van der Waals surface area (Å²) >= 11 is 1.65. The maximum absolute atomic E-state index is 8.58. The van der Waals surface area contributed by atoms with E-state index in [0.717, 1.165) is 17.0 Å². The summed E-state index contributed by atoms with van der Waals surface area (Å²) in [4.78, 5) is 2.31. The minimum atomic E-state index is 0.767. The van der Waals surface area contributed by atoms with E-state index in [2.05, 4.69) is 5.16 Å². The lowest BCUT2D eigenvalue weighted by molar-refractivity contribution is 0.318. The quantitative estimate of drug-likeness (QED) is 0.412. The molecule has 0 fully saturated rings. The van der Waals surface area contributed by atoms with Gasteiger partial charge in [0.25, 0.3) is 0 Å². The van der Waals surface area contributed by atoms with Crippen molar-refractivity contribution in [3.8, 4) is 0 Å². The Labute approximate surface area is 70.2 Å². The van der Waals surface area contributed by atoms with Crippen molar-refractivity contribution < 1.29 is 5.21 Å². The van der Waals surface area contributed by atoms with Crippen molar-refractivity contribution in [2.24, 2.45) is 5.16 Å². The number of thiophene rings is 1. The smallest absolute Gasteiger partial charge is 0.0964 e. The summed E-state index contributed by atoms with van der Waals surface area (Å²) in [6.07, 6.45) is 0.774. The zero-order valence-corrected chi connectivity index (χ0v) is 7.48. The van der Waals surface area contributed by atoms with Crippen LogP contribution in [0.15, 0.2) is 17.3 Å². The molecule has 1 heterocycles. The van der Waals surface area contributed by atoms with E-state index in [0.29, 0.717) is 0 Å². The third-order valence-electron chi connectivity index (χ3n) is 1.48. The number of oxime groups is 1. The Balaban J connectivity index is 2.91. The van der Waals surface area contributed by atoms with Gasteiger partial charge in [-0.05, 0) is 25.5 Å². The molecular weight excluding hydrogens is 158 g/mol. The Bertz CT molecular complexity index is 265. The summed E-state index contributed by atoms with van der Waals surface area (Å²) < 4.78 is 0. The van der Waals surface area contributed by atoms with E-state index in [4.69, 9.17) is 5.21 Å². The first kappa shape index (κ1) is 8.27. The zero-order valence-electron chi connectivity index (χ0n) is 6.66. The lowest BCUT2D eigenvalue weighted by atomic mass is 10.2. The molecule has 2 nitrogen and oxygen atoms in total. The summed E-state index contributed by atoms with van der Waals surface area (Å²) in [5, 5.41) is 11.8. The first-order valence-electron chi connectivity index (χ1n) is 3.55. The van der Waals surface area contributed by atoms with Gasteiger partial charge < -0.3 is 5.21 Å². The van der Waals surface area contributed by atoms with Gasteiger partial charge in [-0.2, -0.15) is 0 Å². The average Bonchev–Trinajstić information content (AvgIpc) is 2.39. The number of hydrogen-bond acceptors (Lipinski definition) is 3. The van der Waals surface area contributed by atoms with Gasteiger partial charge in [0.05, 0.1) is 10.6 Å². The predicted octanol–water partition coefficient (Wildman–Crippen LogP) is 2.64. The van der Waals surface area contributed by atoms with Gasteiger partial charge >= 0.3 is 0 Å². The summed E-state index contributed by atoms with van der Waals surface area (Å²) in [7, 11) is 0. The fraction of sp³-hybridized carbons (Fsp3) is 0.375. The Morgan fingerprint density at radius 1 is 1.64 bits per heavy atom. The maximum atomic E-state index is 8.58. The highest BCUT2D eigenvalue weighted by atomic mass is 32.1. The van der Waals surface area contributed by atoms with Crippen LogP contribution in [0.2, 0.25) is 0 Å². The van der Waals surface area contributed by atoms with Crippen LogP contribution in [0.3, 0.4) is 0 Å². The Morgan fingerprint density at radius 2 is 2.36 bits per heavy atom. The van der Waals surface area contributed by atoms with Crippen molar-refractivity contribution >= 4 is 17.0 Å². The molecule has 0 amide bonds. The largest absolute Gasteiger partial charge is 0.411 e. The van der Waals surface area contributed by atoms with Gasteiger partial charge in [0.2, 0.25) is 0 Å². The molecule has 0 aliphatic heterocycles. The molecule has 0 aliphatic carbocycles. The number of rotatable bonds is 2. The molecule has 1 aromatic rings. The SMILES string of the molecule is CC/C(=N\O)c1ccc(C)s1. The van der Waals surface area contributed by atoms with Gasteiger partial charge in [0, 0.05) is 4.88 Å². The van der Waals surface area contributed by atoms with Crippen LogP contribution >= 0.6 is 11.3 Å². The molecule has 3 heteroatoms. The van der Waals surface area contributed by atoms with Crippen LogP contribution in [-0.4, -0.2) is 10.9 Å². The summed E-state index contributed by atoms with van der Waals surface area (Å²) in [5.41, 5.74) is 0.767. The first-order chi connectivity index (χ1) is 5.27. The van der Waals surface area contributed by atoms with Gasteiger partial charge in [-0.3, -0.25) is 0 Å². The molecule has 0 aromatic carbocycles. The molecule has 0 spiro atoms. The molecule has 1 aromatic heterocycles. The van der Waals surface area contributed by atoms with Crippen LogP contribution in [0.1, 0.15) is 23.1 Å². The molecule has 0 radical (unpaired) electrons. The Morgan fingerprint density at radius 3 is 2.73 bits per heavy atom. The third kappa shape index (κ3) is 1.80. The summed E-state index contributed by atoms with van der Waals surface area (Å²) in [6.45, 7) is 4.02. The van der Waals surface area contributed by atoms with Crippen molar-refractivity contribution in [1.82, 2.24) is 0 Å². The fourth-order valence-electron chi connectivity index (χ4n) is 0.884. The van der Waals surface area contributed by atoms with E-state index in [9.17, 15) is 0 Å². The number of aryl methyl sites for hydroxylation is 1. The standard InChI is InChI=1S/C8H11NOS/c1-3-7(9-10)8-5-4-6(2)11-8/h4-5,10H,3H2,1-2H3/b9-7+. The van der Waals surface area contributed by atoms with E-state index in [-0.39, 0.29) is 0 Å². The molecular formula is C8H11NOS. The molecule has 1 N–H and O–H groups in total. The topological polar surface area (TPSA) is 32.6 Å². The van der Waals surface area contributed by atoms with Gasteiger partial charge in [0.1, 0.15) is 0 Å². The van der Waals surface area contributed by atoms with E-state index in [1.54, 1.807) is 11.3 Å². The highest BCUT2D eigenvalue weighted by Gasteiger charge is 2.02. The van der Waals surface area contributed by atoms with Gasteiger partial charge in [-0.25, -0.2) is 0 Å². The minimum absolute atomic E-state index is 0.767. The number of nitrogens with zero attached hydrogens (tertiary/aromatic N) is 1. The molecule has 0 aliphatic rings.